The second-order valence-electron chi connectivity index (χ2n) is 3.37. The molecule has 0 fully saturated rings. The maximum atomic E-state index is 12.1. The predicted molar refractivity (Wildman–Crippen MR) is 50.8 cm³/mol. The number of aromatic nitrogens is 2. The molecule has 0 aromatic carbocycles. The molecule has 2 N–H and O–H groups in total. The fourth-order valence-electron chi connectivity index (χ4n) is 1.22. The topological polar surface area (TPSA) is 57.8 Å². The summed E-state index contributed by atoms with van der Waals surface area (Å²) in [5.41, 5.74) is 0.153. The summed E-state index contributed by atoms with van der Waals surface area (Å²) in [4.78, 5) is 11.4. The molecule has 0 bridgehead atoms. The lowest BCUT2D eigenvalue weighted by atomic mass is 10.1. The van der Waals surface area contributed by atoms with Gasteiger partial charge in [-0.3, -0.25) is 9.89 Å². The molecule has 0 aliphatic heterocycles. The van der Waals surface area contributed by atoms with E-state index in [2.05, 4.69) is 15.5 Å². The second-order valence-corrected chi connectivity index (χ2v) is 3.37. The first-order chi connectivity index (χ1) is 7.42. The monoisotopic (exact) mass is 235 g/mol. The standard InChI is InChI=1S/C9H12F3N3O/c1-2-6(5-9(10,11)12)14-8(16)7-3-4-13-15-7/h3-4,6H,2,5H2,1H3,(H,13,15)(H,14,16). The second kappa shape index (κ2) is 5.00. The lowest BCUT2D eigenvalue weighted by Crippen LogP contribution is -2.37. The van der Waals surface area contributed by atoms with Crippen LogP contribution in [0.25, 0.3) is 0 Å². The molecule has 1 heterocycles. The Hall–Kier alpha value is -1.53. The number of alkyl halides is 3. The third-order valence-corrected chi connectivity index (χ3v) is 2.05. The van der Waals surface area contributed by atoms with Crippen molar-refractivity contribution in [3.05, 3.63) is 18.0 Å². The zero-order valence-electron chi connectivity index (χ0n) is 8.64. The van der Waals surface area contributed by atoms with Crippen LogP contribution in [0.5, 0.6) is 0 Å². The summed E-state index contributed by atoms with van der Waals surface area (Å²) in [5, 5.41) is 8.22. The summed E-state index contributed by atoms with van der Waals surface area (Å²) >= 11 is 0. The fourth-order valence-corrected chi connectivity index (χ4v) is 1.22. The number of carbonyl (C=O) groups is 1. The molecule has 0 saturated carbocycles. The average Bonchev–Trinajstić information content (AvgIpc) is 2.67. The van der Waals surface area contributed by atoms with E-state index in [0.717, 1.165) is 0 Å². The highest BCUT2D eigenvalue weighted by Gasteiger charge is 2.32. The molecule has 0 aliphatic rings. The zero-order valence-corrected chi connectivity index (χ0v) is 8.64. The molecule has 90 valence electrons. The molecule has 0 aliphatic carbocycles. The number of H-pyrrole nitrogens is 1. The largest absolute Gasteiger partial charge is 0.391 e. The van der Waals surface area contributed by atoms with Crippen molar-refractivity contribution in [1.29, 1.82) is 0 Å². The smallest absolute Gasteiger partial charge is 0.348 e. The van der Waals surface area contributed by atoms with Crippen molar-refractivity contribution in [2.24, 2.45) is 0 Å². The highest BCUT2D eigenvalue weighted by molar-refractivity contribution is 5.92. The Labute approximate surface area is 90.2 Å². The van der Waals surface area contributed by atoms with Gasteiger partial charge < -0.3 is 5.32 Å². The third-order valence-electron chi connectivity index (χ3n) is 2.05. The molecular weight excluding hydrogens is 223 g/mol. The van der Waals surface area contributed by atoms with Crippen LogP contribution in [0.2, 0.25) is 0 Å². The van der Waals surface area contributed by atoms with Crippen LogP contribution in [0, 0.1) is 0 Å². The average molecular weight is 235 g/mol. The first-order valence-corrected chi connectivity index (χ1v) is 4.79. The van der Waals surface area contributed by atoms with Gasteiger partial charge in [0.05, 0.1) is 6.42 Å². The van der Waals surface area contributed by atoms with Gasteiger partial charge in [-0.2, -0.15) is 18.3 Å². The fraction of sp³-hybridized carbons (Fsp3) is 0.556. The molecule has 1 amide bonds. The summed E-state index contributed by atoms with van der Waals surface area (Å²) in [7, 11) is 0. The Morgan fingerprint density at radius 3 is 2.75 bits per heavy atom. The Morgan fingerprint density at radius 2 is 2.31 bits per heavy atom. The van der Waals surface area contributed by atoms with E-state index in [-0.39, 0.29) is 12.1 Å². The van der Waals surface area contributed by atoms with E-state index in [0.29, 0.717) is 0 Å². The Morgan fingerprint density at radius 1 is 1.62 bits per heavy atom. The van der Waals surface area contributed by atoms with Crippen molar-refractivity contribution >= 4 is 5.91 Å². The number of hydrogen-bond donors (Lipinski definition) is 2. The number of amides is 1. The maximum Gasteiger partial charge on any atom is 0.391 e. The summed E-state index contributed by atoms with van der Waals surface area (Å²) in [6.45, 7) is 1.59. The summed E-state index contributed by atoms with van der Waals surface area (Å²) in [5.74, 6) is -0.575. The van der Waals surface area contributed by atoms with E-state index in [1.165, 1.54) is 12.3 Å². The van der Waals surface area contributed by atoms with Crippen LogP contribution in [-0.2, 0) is 0 Å². The highest BCUT2D eigenvalue weighted by Crippen LogP contribution is 2.22. The van der Waals surface area contributed by atoms with Gasteiger partial charge in [0.25, 0.3) is 5.91 Å². The van der Waals surface area contributed by atoms with Crippen molar-refractivity contribution in [2.45, 2.75) is 32.0 Å². The number of rotatable bonds is 4. The normalized spacial score (nSPS) is 13.5. The molecule has 1 aromatic heterocycles. The molecule has 1 atom stereocenters. The van der Waals surface area contributed by atoms with E-state index in [9.17, 15) is 18.0 Å². The van der Waals surface area contributed by atoms with Gasteiger partial charge in [-0.25, -0.2) is 0 Å². The van der Waals surface area contributed by atoms with E-state index in [1.54, 1.807) is 6.92 Å². The van der Waals surface area contributed by atoms with Crippen molar-refractivity contribution < 1.29 is 18.0 Å². The third kappa shape index (κ3) is 3.92. The zero-order chi connectivity index (χ0) is 12.2. The minimum atomic E-state index is -4.28. The van der Waals surface area contributed by atoms with Crippen LogP contribution < -0.4 is 5.32 Å². The molecule has 1 unspecified atom stereocenters. The van der Waals surface area contributed by atoms with E-state index >= 15 is 0 Å². The van der Waals surface area contributed by atoms with Crippen LogP contribution in [0.1, 0.15) is 30.3 Å². The van der Waals surface area contributed by atoms with Gasteiger partial charge in [0.15, 0.2) is 0 Å². The van der Waals surface area contributed by atoms with Gasteiger partial charge in [-0.1, -0.05) is 6.92 Å². The molecule has 1 aromatic rings. The Bertz CT molecular complexity index is 334. The highest BCUT2D eigenvalue weighted by atomic mass is 19.4. The lowest BCUT2D eigenvalue weighted by Gasteiger charge is -2.17. The molecule has 16 heavy (non-hydrogen) atoms. The molecule has 1 rings (SSSR count). The van der Waals surface area contributed by atoms with Crippen LogP contribution >= 0.6 is 0 Å². The number of nitrogens with zero attached hydrogens (tertiary/aromatic N) is 1. The molecular formula is C9H12F3N3O. The van der Waals surface area contributed by atoms with E-state index < -0.39 is 24.5 Å². The molecule has 0 radical (unpaired) electrons. The van der Waals surface area contributed by atoms with Crippen LogP contribution in [-0.4, -0.2) is 28.3 Å². The van der Waals surface area contributed by atoms with Gasteiger partial charge >= 0.3 is 6.18 Å². The summed E-state index contributed by atoms with van der Waals surface area (Å²) in [6, 6.07) is 0.492. The first kappa shape index (κ1) is 12.5. The number of aromatic amines is 1. The van der Waals surface area contributed by atoms with E-state index in [4.69, 9.17) is 0 Å². The van der Waals surface area contributed by atoms with Gasteiger partial charge in [0.1, 0.15) is 5.69 Å². The van der Waals surface area contributed by atoms with E-state index in [1.807, 2.05) is 0 Å². The molecule has 0 saturated heterocycles. The van der Waals surface area contributed by atoms with Crippen molar-refractivity contribution in [2.75, 3.05) is 0 Å². The van der Waals surface area contributed by atoms with Gasteiger partial charge in [-0.05, 0) is 12.5 Å². The van der Waals surface area contributed by atoms with Crippen LogP contribution in [0.15, 0.2) is 12.3 Å². The minimum Gasteiger partial charge on any atom is -0.348 e. The lowest BCUT2D eigenvalue weighted by molar-refractivity contribution is -0.139. The number of hydrogen-bond acceptors (Lipinski definition) is 2. The molecule has 4 nitrogen and oxygen atoms in total. The van der Waals surface area contributed by atoms with Crippen molar-refractivity contribution in [3.8, 4) is 0 Å². The van der Waals surface area contributed by atoms with Gasteiger partial charge in [0, 0.05) is 12.2 Å². The quantitative estimate of drug-likeness (QED) is 0.837. The number of halogens is 3. The summed E-state index contributed by atoms with van der Waals surface area (Å²) < 4.78 is 36.3. The molecule has 0 spiro atoms. The minimum absolute atomic E-state index is 0.153. The SMILES string of the molecule is CCC(CC(F)(F)F)NC(=O)c1ccn[nH]1. The molecule has 7 heteroatoms. The first-order valence-electron chi connectivity index (χ1n) is 4.79. The number of nitrogens with one attached hydrogen (secondary N) is 2. The van der Waals surface area contributed by atoms with Gasteiger partial charge in [-0.15, -0.1) is 0 Å². The van der Waals surface area contributed by atoms with Gasteiger partial charge in [0.2, 0.25) is 0 Å². The Kier molecular flexibility index (Phi) is 3.92. The Balaban J connectivity index is 2.54. The summed E-state index contributed by atoms with van der Waals surface area (Å²) in [6.07, 6.45) is -3.72. The maximum absolute atomic E-state index is 12.1. The van der Waals surface area contributed by atoms with Crippen molar-refractivity contribution in [3.63, 3.8) is 0 Å². The predicted octanol–water partition coefficient (Wildman–Crippen LogP) is 1.87. The van der Waals surface area contributed by atoms with Crippen LogP contribution in [0.4, 0.5) is 13.2 Å². The van der Waals surface area contributed by atoms with Crippen LogP contribution in [0.3, 0.4) is 0 Å². The number of carbonyl (C=O) groups excluding carboxylic acids is 1. The van der Waals surface area contributed by atoms with Crippen molar-refractivity contribution in [1.82, 2.24) is 15.5 Å².